The predicted molar refractivity (Wildman–Crippen MR) is 79.7 cm³/mol. The Labute approximate surface area is 118 Å². The van der Waals surface area contributed by atoms with E-state index in [1.807, 2.05) is 30.3 Å². The van der Waals surface area contributed by atoms with Gasteiger partial charge in [-0.25, -0.2) is 4.98 Å². The largest absolute Gasteiger partial charge is 0.383 e. The van der Waals surface area contributed by atoms with Gasteiger partial charge < -0.3 is 15.4 Å². The molecule has 0 atom stereocenters. The lowest BCUT2D eigenvalue weighted by Crippen LogP contribution is -2.25. The molecule has 5 heteroatoms. The molecule has 104 valence electrons. The molecule has 1 heterocycles. The third kappa shape index (κ3) is 3.67. The highest BCUT2D eigenvalue weighted by Crippen LogP contribution is 2.19. The first-order chi connectivity index (χ1) is 9.85. The van der Waals surface area contributed by atoms with Gasteiger partial charge in [0.05, 0.1) is 17.7 Å². The molecular formula is C15H18N4O. The van der Waals surface area contributed by atoms with E-state index in [9.17, 15) is 5.26 Å². The van der Waals surface area contributed by atoms with Crippen molar-refractivity contribution in [2.24, 2.45) is 0 Å². The van der Waals surface area contributed by atoms with Gasteiger partial charge in [0.25, 0.3) is 0 Å². The summed E-state index contributed by atoms with van der Waals surface area (Å²) in [6, 6.07) is 11.8. The average molecular weight is 270 g/mol. The minimum absolute atomic E-state index is 0.570. The number of methoxy groups -OCH3 is 1. The van der Waals surface area contributed by atoms with Crippen LogP contribution in [0.25, 0.3) is 10.9 Å². The van der Waals surface area contributed by atoms with E-state index in [-0.39, 0.29) is 0 Å². The van der Waals surface area contributed by atoms with E-state index in [1.165, 1.54) is 0 Å². The lowest BCUT2D eigenvalue weighted by Gasteiger charge is -2.09. The van der Waals surface area contributed by atoms with Crippen LogP contribution in [0.4, 0.5) is 5.82 Å². The zero-order valence-electron chi connectivity index (χ0n) is 11.5. The maximum atomic E-state index is 9.19. The third-order valence-electron chi connectivity index (χ3n) is 2.92. The Bertz CT molecular complexity index is 606. The number of rotatable bonds is 7. The Morgan fingerprint density at radius 2 is 2.10 bits per heavy atom. The number of pyridine rings is 1. The molecule has 0 aliphatic carbocycles. The van der Waals surface area contributed by atoms with E-state index in [2.05, 4.69) is 21.7 Å². The van der Waals surface area contributed by atoms with Crippen LogP contribution in [0, 0.1) is 11.3 Å². The van der Waals surface area contributed by atoms with E-state index in [0.29, 0.717) is 24.5 Å². The standard InChI is InChI=1S/C15H18N4O/c1-20-9-8-17-6-7-18-15-13(11-16)10-12-4-2-3-5-14(12)19-15/h2-5,10,17H,6-9H2,1H3,(H,18,19). The quantitative estimate of drug-likeness (QED) is 0.750. The molecule has 0 saturated carbocycles. The number of para-hydroxylation sites is 1. The van der Waals surface area contributed by atoms with Gasteiger partial charge in [-0.2, -0.15) is 5.26 Å². The molecule has 0 unspecified atom stereocenters. The zero-order chi connectivity index (χ0) is 14.2. The molecule has 20 heavy (non-hydrogen) atoms. The van der Waals surface area contributed by atoms with E-state index in [1.54, 1.807) is 7.11 Å². The molecular weight excluding hydrogens is 252 g/mol. The molecule has 1 aromatic carbocycles. The maximum absolute atomic E-state index is 9.19. The number of benzene rings is 1. The smallest absolute Gasteiger partial charge is 0.144 e. The van der Waals surface area contributed by atoms with E-state index in [0.717, 1.165) is 24.0 Å². The van der Waals surface area contributed by atoms with E-state index in [4.69, 9.17) is 4.74 Å². The van der Waals surface area contributed by atoms with Crippen molar-refractivity contribution in [3.05, 3.63) is 35.9 Å². The van der Waals surface area contributed by atoms with Crippen LogP contribution in [-0.2, 0) is 4.74 Å². The second-order valence-electron chi connectivity index (χ2n) is 4.36. The monoisotopic (exact) mass is 270 g/mol. The van der Waals surface area contributed by atoms with Gasteiger partial charge in [0.2, 0.25) is 0 Å². The lowest BCUT2D eigenvalue weighted by atomic mass is 10.1. The summed E-state index contributed by atoms with van der Waals surface area (Å²) in [6.45, 7) is 3.01. The summed E-state index contributed by atoms with van der Waals surface area (Å²) in [6.07, 6.45) is 0. The van der Waals surface area contributed by atoms with Crippen molar-refractivity contribution in [1.82, 2.24) is 10.3 Å². The minimum atomic E-state index is 0.570. The van der Waals surface area contributed by atoms with Crippen LogP contribution in [-0.4, -0.2) is 38.3 Å². The third-order valence-corrected chi connectivity index (χ3v) is 2.92. The van der Waals surface area contributed by atoms with Gasteiger partial charge in [0.1, 0.15) is 11.9 Å². The van der Waals surface area contributed by atoms with Crippen molar-refractivity contribution in [3.63, 3.8) is 0 Å². The molecule has 0 amide bonds. The number of ether oxygens (including phenoxy) is 1. The van der Waals surface area contributed by atoms with Crippen molar-refractivity contribution in [3.8, 4) is 6.07 Å². The summed E-state index contributed by atoms with van der Waals surface area (Å²) in [7, 11) is 1.68. The molecule has 2 aromatic rings. The number of aromatic nitrogens is 1. The maximum Gasteiger partial charge on any atom is 0.144 e. The Morgan fingerprint density at radius 1 is 1.25 bits per heavy atom. The van der Waals surface area contributed by atoms with E-state index < -0.39 is 0 Å². The summed E-state index contributed by atoms with van der Waals surface area (Å²) in [5, 5.41) is 16.6. The summed E-state index contributed by atoms with van der Waals surface area (Å²) in [5.41, 5.74) is 1.46. The Hall–Kier alpha value is -2.16. The normalized spacial score (nSPS) is 10.4. The zero-order valence-corrected chi connectivity index (χ0v) is 11.5. The number of nitrogens with zero attached hydrogens (tertiary/aromatic N) is 2. The van der Waals surface area contributed by atoms with Crippen molar-refractivity contribution in [1.29, 1.82) is 5.26 Å². The Balaban J connectivity index is 2.00. The van der Waals surface area contributed by atoms with E-state index >= 15 is 0 Å². The van der Waals surface area contributed by atoms with Crippen molar-refractivity contribution < 1.29 is 4.74 Å². The molecule has 0 radical (unpaired) electrons. The first-order valence-electron chi connectivity index (χ1n) is 6.58. The fourth-order valence-electron chi connectivity index (χ4n) is 1.90. The molecule has 2 N–H and O–H groups in total. The average Bonchev–Trinajstić information content (AvgIpc) is 2.50. The first kappa shape index (κ1) is 14.3. The van der Waals surface area contributed by atoms with Crippen LogP contribution in [0.2, 0.25) is 0 Å². The summed E-state index contributed by atoms with van der Waals surface area (Å²) >= 11 is 0. The minimum Gasteiger partial charge on any atom is -0.383 e. The summed E-state index contributed by atoms with van der Waals surface area (Å²) in [5.74, 6) is 0.639. The molecule has 0 saturated heterocycles. The molecule has 0 spiro atoms. The van der Waals surface area contributed by atoms with Crippen LogP contribution in [0.3, 0.4) is 0 Å². The number of hydrogen-bond acceptors (Lipinski definition) is 5. The van der Waals surface area contributed by atoms with Gasteiger partial charge in [-0.1, -0.05) is 18.2 Å². The van der Waals surface area contributed by atoms with Crippen LogP contribution < -0.4 is 10.6 Å². The summed E-state index contributed by atoms with van der Waals surface area (Å²) < 4.78 is 4.95. The fraction of sp³-hybridized carbons (Fsp3) is 0.333. The summed E-state index contributed by atoms with van der Waals surface area (Å²) in [4.78, 5) is 4.49. The fourth-order valence-corrected chi connectivity index (χ4v) is 1.90. The van der Waals surface area contributed by atoms with Gasteiger partial charge in [-0.3, -0.25) is 0 Å². The Kier molecular flexibility index (Phi) is 5.30. The van der Waals surface area contributed by atoms with Gasteiger partial charge in [-0.05, 0) is 12.1 Å². The SMILES string of the molecule is COCCNCCNc1nc2ccccc2cc1C#N. The predicted octanol–water partition coefficient (Wildman–Crippen LogP) is 1.75. The van der Waals surface area contributed by atoms with Gasteiger partial charge in [-0.15, -0.1) is 0 Å². The van der Waals surface area contributed by atoms with Crippen LogP contribution >= 0.6 is 0 Å². The molecule has 5 nitrogen and oxygen atoms in total. The van der Waals surface area contributed by atoms with Crippen LogP contribution in [0.1, 0.15) is 5.56 Å². The van der Waals surface area contributed by atoms with Gasteiger partial charge in [0, 0.05) is 32.1 Å². The molecule has 0 bridgehead atoms. The molecule has 0 fully saturated rings. The lowest BCUT2D eigenvalue weighted by molar-refractivity contribution is 0.200. The van der Waals surface area contributed by atoms with Crippen molar-refractivity contribution in [2.75, 3.05) is 38.7 Å². The first-order valence-corrected chi connectivity index (χ1v) is 6.58. The van der Waals surface area contributed by atoms with Crippen molar-refractivity contribution >= 4 is 16.7 Å². The number of nitrogens with one attached hydrogen (secondary N) is 2. The Morgan fingerprint density at radius 3 is 2.90 bits per heavy atom. The van der Waals surface area contributed by atoms with Crippen LogP contribution in [0.15, 0.2) is 30.3 Å². The molecule has 1 aromatic heterocycles. The van der Waals surface area contributed by atoms with Gasteiger partial charge >= 0.3 is 0 Å². The van der Waals surface area contributed by atoms with Crippen molar-refractivity contribution in [2.45, 2.75) is 0 Å². The molecule has 0 aliphatic rings. The second-order valence-corrected chi connectivity index (χ2v) is 4.36. The highest BCUT2D eigenvalue weighted by Gasteiger charge is 2.05. The number of fused-ring (bicyclic) bond motifs is 1. The number of anilines is 1. The van der Waals surface area contributed by atoms with Gasteiger partial charge in [0.15, 0.2) is 0 Å². The highest BCUT2D eigenvalue weighted by molar-refractivity contribution is 5.82. The number of nitriles is 1. The van der Waals surface area contributed by atoms with Crippen LogP contribution in [0.5, 0.6) is 0 Å². The molecule has 0 aliphatic heterocycles. The topological polar surface area (TPSA) is 70.0 Å². The molecule has 2 rings (SSSR count). The number of hydrogen-bond donors (Lipinski definition) is 2. The second kappa shape index (κ2) is 7.43. The highest BCUT2D eigenvalue weighted by atomic mass is 16.5.